The zero-order valence-electron chi connectivity index (χ0n) is 11.7. The summed E-state index contributed by atoms with van der Waals surface area (Å²) in [4.78, 5) is 27.9. The maximum Gasteiger partial charge on any atom is 0.329 e. The van der Waals surface area contributed by atoms with Gasteiger partial charge in [0, 0.05) is 12.4 Å². The van der Waals surface area contributed by atoms with E-state index in [0.29, 0.717) is 5.69 Å². The van der Waals surface area contributed by atoms with Crippen LogP contribution >= 0.6 is 0 Å². The summed E-state index contributed by atoms with van der Waals surface area (Å²) in [5.74, 6) is -1.26. The molecule has 2 heterocycles. The van der Waals surface area contributed by atoms with Crippen LogP contribution in [0.3, 0.4) is 0 Å². The lowest BCUT2D eigenvalue weighted by atomic mass is 9.95. The number of carboxylic acid groups (broad SMARTS) is 1. The fraction of sp³-hybridized carbons (Fsp3) is 0.400. The van der Waals surface area contributed by atoms with Crippen molar-refractivity contribution in [2.45, 2.75) is 31.7 Å². The first-order valence-corrected chi connectivity index (χ1v) is 6.96. The van der Waals surface area contributed by atoms with Gasteiger partial charge in [0.05, 0.1) is 12.1 Å². The van der Waals surface area contributed by atoms with E-state index in [-0.39, 0.29) is 18.2 Å². The molecule has 2 aromatic rings. The number of rotatable bonds is 5. The lowest BCUT2D eigenvalue weighted by Gasteiger charge is -2.25. The van der Waals surface area contributed by atoms with E-state index in [4.69, 9.17) is 0 Å². The van der Waals surface area contributed by atoms with E-state index in [1.807, 2.05) is 28.8 Å². The molecule has 2 aromatic heterocycles. The minimum absolute atomic E-state index is 0.0278. The third kappa shape index (κ3) is 2.61. The average molecular weight is 287 g/mol. The number of pyridine rings is 1. The molecule has 1 aliphatic carbocycles. The molecule has 110 valence electrons. The Kier molecular flexibility index (Phi) is 3.16. The van der Waals surface area contributed by atoms with E-state index in [0.717, 1.165) is 18.5 Å². The molecule has 0 bridgehead atoms. The smallest absolute Gasteiger partial charge is 0.329 e. The molecule has 0 saturated heterocycles. The number of carboxylic acids is 1. The molecule has 1 atom stereocenters. The molecule has 1 amide bonds. The summed E-state index contributed by atoms with van der Waals surface area (Å²) in [6.07, 6.45) is 5.41. The molecule has 2 N–H and O–H groups in total. The van der Waals surface area contributed by atoms with E-state index in [1.165, 1.54) is 0 Å². The first-order valence-electron chi connectivity index (χ1n) is 6.96. The van der Waals surface area contributed by atoms with Gasteiger partial charge in [0.1, 0.15) is 11.2 Å². The van der Waals surface area contributed by atoms with E-state index in [9.17, 15) is 14.7 Å². The highest BCUT2D eigenvalue weighted by Crippen LogP contribution is 2.39. The molecule has 1 saturated carbocycles. The fourth-order valence-electron chi connectivity index (χ4n) is 2.56. The number of aromatic nitrogens is 2. The standard InChI is InChI=1S/C15H17N3O3/c1-15(14(20)21,10-5-6-10)17-13(19)8-11-9-18-7-3-2-4-12(18)16-11/h2-4,7,9-10H,5-6,8H2,1H3,(H,17,19)(H,20,21). The van der Waals surface area contributed by atoms with Gasteiger partial charge in [-0.3, -0.25) is 4.79 Å². The molecule has 0 aromatic carbocycles. The highest BCUT2D eigenvalue weighted by atomic mass is 16.4. The van der Waals surface area contributed by atoms with E-state index >= 15 is 0 Å². The van der Waals surface area contributed by atoms with Gasteiger partial charge in [-0.1, -0.05) is 6.07 Å². The number of aliphatic carboxylic acids is 1. The van der Waals surface area contributed by atoms with E-state index in [1.54, 1.807) is 13.1 Å². The molecule has 0 radical (unpaired) electrons. The van der Waals surface area contributed by atoms with E-state index in [2.05, 4.69) is 10.3 Å². The number of nitrogens with zero attached hydrogens (tertiary/aromatic N) is 2. The van der Waals surface area contributed by atoms with Gasteiger partial charge >= 0.3 is 5.97 Å². The van der Waals surface area contributed by atoms with Gasteiger partial charge in [-0.2, -0.15) is 0 Å². The quantitative estimate of drug-likeness (QED) is 0.866. The number of carbonyl (C=O) groups excluding carboxylic acids is 1. The first-order chi connectivity index (χ1) is 9.99. The maximum absolute atomic E-state index is 12.1. The number of amides is 1. The van der Waals surface area contributed by atoms with Crippen LogP contribution in [0.1, 0.15) is 25.5 Å². The molecule has 1 fully saturated rings. The van der Waals surface area contributed by atoms with Crippen LogP contribution in [0.25, 0.3) is 5.65 Å². The molecule has 21 heavy (non-hydrogen) atoms. The molecule has 3 rings (SSSR count). The van der Waals surface area contributed by atoms with Crippen LogP contribution in [0.15, 0.2) is 30.6 Å². The van der Waals surface area contributed by atoms with Crippen LogP contribution in [0, 0.1) is 5.92 Å². The van der Waals surface area contributed by atoms with Crippen molar-refractivity contribution in [1.29, 1.82) is 0 Å². The normalized spacial score (nSPS) is 17.4. The summed E-state index contributed by atoms with van der Waals surface area (Å²) in [6.45, 7) is 1.58. The SMILES string of the molecule is CC(NC(=O)Cc1cn2ccccc2n1)(C(=O)O)C1CC1. The van der Waals surface area contributed by atoms with Crippen LogP contribution in [0.4, 0.5) is 0 Å². The van der Waals surface area contributed by atoms with Gasteiger partial charge in [-0.15, -0.1) is 0 Å². The molecule has 1 aliphatic rings. The molecule has 6 nitrogen and oxygen atoms in total. The molecular formula is C15H17N3O3. The number of imidazole rings is 1. The second kappa shape index (κ2) is 4.87. The first kappa shape index (κ1) is 13.6. The second-order valence-corrected chi connectivity index (χ2v) is 5.71. The molecule has 1 unspecified atom stereocenters. The van der Waals surface area contributed by atoms with Gasteiger partial charge in [0.15, 0.2) is 0 Å². The molecular weight excluding hydrogens is 270 g/mol. The Labute approximate surface area is 121 Å². The van der Waals surface area contributed by atoms with Crippen molar-refractivity contribution in [2.75, 3.05) is 0 Å². The number of hydrogen-bond acceptors (Lipinski definition) is 3. The Morgan fingerprint density at radius 1 is 1.48 bits per heavy atom. The van der Waals surface area contributed by atoms with Crippen LogP contribution in [0.2, 0.25) is 0 Å². The molecule has 6 heteroatoms. The van der Waals surface area contributed by atoms with Crippen molar-refractivity contribution < 1.29 is 14.7 Å². The van der Waals surface area contributed by atoms with Gasteiger partial charge < -0.3 is 14.8 Å². The summed E-state index contributed by atoms with van der Waals surface area (Å²) in [5.41, 5.74) is 0.224. The Morgan fingerprint density at radius 2 is 2.24 bits per heavy atom. The zero-order valence-corrected chi connectivity index (χ0v) is 11.7. The van der Waals surface area contributed by atoms with Crippen molar-refractivity contribution in [1.82, 2.24) is 14.7 Å². The minimum atomic E-state index is -1.17. The lowest BCUT2D eigenvalue weighted by Crippen LogP contribution is -2.54. The van der Waals surface area contributed by atoms with Crippen LogP contribution in [-0.2, 0) is 16.0 Å². The number of carbonyl (C=O) groups is 2. The third-order valence-electron chi connectivity index (χ3n) is 3.99. The van der Waals surface area contributed by atoms with Crippen molar-refractivity contribution in [3.8, 4) is 0 Å². The summed E-state index contributed by atoms with van der Waals surface area (Å²) < 4.78 is 1.83. The van der Waals surface area contributed by atoms with Gasteiger partial charge in [0.2, 0.25) is 5.91 Å². The monoisotopic (exact) mass is 287 g/mol. The van der Waals surface area contributed by atoms with Gasteiger partial charge in [-0.25, -0.2) is 9.78 Å². The predicted octanol–water partition coefficient (Wildman–Crippen LogP) is 1.25. The summed E-state index contributed by atoms with van der Waals surface area (Å²) in [7, 11) is 0. The zero-order chi connectivity index (χ0) is 15.0. The van der Waals surface area contributed by atoms with Gasteiger partial charge in [0.25, 0.3) is 0 Å². The number of fused-ring (bicyclic) bond motifs is 1. The van der Waals surface area contributed by atoms with Crippen molar-refractivity contribution in [2.24, 2.45) is 5.92 Å². The van der Waals surface area contributed by atoms with Crippen molar-refractivity contribution >= 4 is 17.5 Å². The highest BCUT2D eigenvalue weighted by molar-refractivity contribution is 5.88. The van der Waals surface area contributed by atoms with Crippen LogP contribution in [0.5, 0.6) is 0 Å². The average Bonchev–Trinajstić information content (AvgIpc) is 3.19. The highest BCUT2D eigenvalue weighted by Gasteiger charge is 2.48. The van der Waals surface area contributed by atoms with Crippen LogP contribution in [-0.4, -0.2) is 31.9 Å². The van der Waals surface area contributed by atoms with Gasteiger partial charge in [-0.05, 0) is 37.8 Å². The molecule has 0 spiro atoms. The minimum Gasteiger partial charge on any atom is -0.480 e. The fourth-order valence-corrected chi connectivity index (χ4v) is 2.56. The maximum atomic E-state index is 12.1. The third-order valence-corrected chi connectivity index (χ3v) is 3.99. The number of hydrogen-bond donors (Lipinski definition) is 2. The van der Waals surface area contributed by atoms with E-state index < -0.39 is 11.5 Å². The largest absolute Gasteiger partial charge is 0.480 e. The Balaban J connectivity index is 1.72. The summed E-state index contributed by atoms with van der Waals surface area (Å²) in [5, 5.41) is 12.0. The predicted molar refractivity (Wildman–Crippen MR) is 75.8 cm³/mol. The Bertz CT molecular complexity index is 672. The number of nitrogens with one attached hydrogen (secondary N) is 1. The summed E-state index contributed by atoms with van der Waals surface area (Å²) in [6, 6.07) is 5.61. The van der Waals surface area contributed by atoms with Crippen molar-refractivity contribution in [3.05, 3.63) is 36.3 Å². The second-order valence-electron chi connectivity index (χ2n) is 5.71. The summed E-state index contributed by atoms with van der Waals surface area (Å²) >= 11 is 0. The molecule has 0 aliphatic heterocycles. The Hall–Kier alpha value is -2.37. The van der Waals surface area contributed by atoms with Crippen molar-refractivity contribution in [3.63, 3.8) is 0 Å². The van der Waals surface area contributed by atoms with Crippen LogP contribution < -0.4 is 5.32 Å². The topological polar surface area (TPSA) is 83.7 Å². The lowest BCUT2D eigenvalue weighted by molar-refractivity contribution is -0.147. The Morgan fingerprint density at radius 3 is 2.86 bits per heavy atom.